The molecule has 1 N–H and O–H groups in total. The maximum Gasteiger partial charge on any atom is 0.357 e. The molecule has 98 valence electrons. The molecule has 1 aliphatic carbocycles. The number of carboxylic acids is 1. The monoisotopic (exact) mass is 270 g/mol. The van der Waals surface area contributed by atoms with Crippen LogP contribution in [0.4, 0.5) is 0 Å². The summed E-state index contributed by atoms with van der Waals surface area (Å²) in [5.41, 5.74) is -0.0949. The van der Waals surface area contributed by atoms with E-state index >= 15 is 0 Å². The Morgan fingerprint density at radius 3 is 2.56 bits per heavy atom. The highest BCUT2D eigenvalue weighted by Crippen LogP contribution is 2.34. The van der Waals surface area contributed by atoms with Crippen molar-refractivity contribution in [3.05, 3.63) is 26.6 Å². The molecule has 1 aliphatic rings. The maximum atomic E-state index is 12.1. The SMILES string of the molecule is Cn1nc(C(=O)O)c(Cl)c(C2CCCCC2)c1=O. The fourth-order valence-electron chi connectivity index (χ4n) is 2.52. The van der Waals surface area contributed by atoms with Gasteiger partial charge in [0.15, 0.2) is 5.69 Å². The summed E-state index contributed by atoms with van der Waals surface area (Å²) in [5.74, 6) is -1.14. The van der Waals surface area contributed by atoms with E-state index in [1.807, 2.05) is 0 Å². The first-order valence-electron chi connectivity index (χ1n) is 6.02. The molecule has 5 nitrogen and oxygen atoms in total. The molecule has 1 fully saturated rings. The van der Waals surface area contributed by atoms with E-state index in [1.165, 1.54) is 7.05 Å². The van der Waals surface area contributed by atoms with Crippen molar-refractivity contribution < 1.29 is 9.90 Å². The predicted octanol–water partition coefficient (Wildman–Crippen LogP) is 2.18. The van der Waals surface area contributed by atoms with Gasteiger partial charge in [0.05, 0.1) is 5.02 Å². The Labute approximate surface area is 109 Å². The van der Waals surface area contributed by atoms with Gasteiger partial charge in [-0.25, -0.2) is 9.48 Å². The highest BCUT2D eigenvalue weighted by atomic mass is 35.5. The average molecular weight is 271 g/mol. The van der Waals surface area contributed by atoms with Crippen molar-refractivity contribution in [2.75, 3.05) is 0 Å². The maximum absolute atomic E-state index is 12.1. The van der Waals surface area contributed by atoms with Gasteiger partial charge in [-0.15, -0.1) is 0 Å². The van der Waals surface area contributed by atoms with E-state index in [-0.39, 0.29) is 22.2 Å². The molecule has 1 heterocycles. The van der Waals surface area contributed by atoms with Crippen molar-refractivity contribution in [3.8, 4) is 0 Å². The Hall–Kier alpha value is -1.36. The van der Waals surface area contributed by atoms with Gasteiger partial charge in [-0.2, -0.15) is 5.10 Å². The van der Waals surface area contributed by atoms with E-state index in [4.69, 9.17) is 16.7 Å². The molecule has 0 bridgehead atoms. The number of halogens is 1. The second kappa shape index (κ2) is 5.10. The molecule has 1 aromatic heterocycles. The predicted molar refractivity (Wildman–Crippen MR) is 67.3 cm³/mol. The van der Waals surface area contributed by atoms with Crippen molar-refractivity contribution in [1.29, 1.82) is 0 Å². The minimum Gasteiger partial charge on any atom is -0.476 e. The number of carboxylic acid groups (broad SMARTS) is 1. The molecule has 2 rings (SSSR count). The summed E-state index contributed by atoms with van der Waals surface area (Å²) in [6.45, 7) is 0. The summed E-state index contributed by atoms with van der Waals surface area (Å²) < 4.78 is 1.07. The molecular formula is C12H15ClN2O3. The molecule has 1 aromatic rings. The lowest BCUT2D eigenvalue weighted by Gasteiger charge is -2.22. The van der Waals surface area contributed by atoms with Crippen molar-refractivity contribution in [2.45, 2.75) is 38.0 Å². The van der Waals surface area contributed by atoms with Crippen LogP contribution in [0.25, 0.3) is 0 Å². The van der Waals surface area contributed by atoms with Crippen LogP contribution in [0.3, 0.4) is 0 Å². The second-order valence-electron chi connectivity index (χ2n) is 4.65. The van der Waals surface area contributed by atoms with Gasteiger partial charge in [-0.3, -0.25) is 4.79 Å². The van der Waals surface area contributed by atoms with E-state index in [0.29, 0.717) is 5.56 Å². The minimum absolute atomic E-state index is 0.0116. The van der Waals surface area contributed by atoms with Gasteiger partial charge >= 0.3 is 5.97 Å². The van der Waals surface area contributed by atoms with Crippen LogP contribution >= 0.6 is 11.6 Å². The zero-order chi connectivity index (χ0) is 13.3. The molecule has 0 radical (unpaired) electrons. The van der Waals surface area contributed by atoms with Crippen molar-refractivity contribution >= 4 is 17.6 Å². The topological polar surface area (TPSA) is 72.2 Å². The Bertz CT molecular complexity index is 533. The lowest BCUT2D eigenvalue weighted by Crippen LogP contribution is -2.29. The van der Waals surface area contributed by atoms with Crippen molar-refractivity contribution in [2.24, 2.45) is 7.05 Å². The third kappa shape index (κ3) is 2.27. The number of aromatic carboxylic acids is 1. The van der Waals surface area contributed by atoms with Crippen LogP contribution in [0, 0.1) is 0 Å². The lowest BCUT2D eigenvalue weighted by atomic mass is 9.84. The normalized spacial score (nSPS) is 16.8. The van der Waals surface area contributed by atoms with Crippen LogP contribution in [0.15, 0.2) is 4.79 Å². The zero-order valence-corrected chi connectivity index (χ0v) is 10.9. The first-order valence-corrected chi connectivity index (χ1v) is 6.40. The summed E-state index contributed by atoms with van der Waals surface area (Å²) in [6.07, 6.45) is 5.03. The van der Waals surface area contributed by atoms with E-state index < -0.39 is 5.97 Å². The van der Waals surface area contributed by atoms with Crippen LogP contribution in [-0.2, 0) is 7.05 Å². The number of nitrogens with zero attached hydrogens (tertiary/aromatic N) is 2. The van der Waals surface area contributed by atoms with Crippen LogP contribution in [0.2, 0.25) is 5.02 Å². The van der Waals surface area contributed by atoms with Gasteiger partial charge in [-0.05, 0) is 18.8 Å². The number of hydrogen-bond donors (Lipinski definition) is 1. The van der Waals surface area contributed by atoms with Crippen LogP contribution in [-0.4, -0.2) is 20.9 Å². The first kappa shape index (κ1) is 13.1. The summed E-state index contributed by atoms with van der Waals surface area (Å²) in [5, 5.41) is 12.8. The largest absolute Gasteiger partial charge is 0.476 e. The van der Waals surface area contributed by atoms with Crippen LogP contribution < -0.4 is 5.56 Å². The molecule has 6 heteroatoms. The van der Waals surface area contributed by atoms with Crippen LogP contribution in [0.1, 0.15) is 54.1 Å². The van der Waals surface area contributed by atoms with E-state index in [1.54, 1.807) is 0 Å². The number of rotatable bonds is 2. The minimum atomic E-state index is -1.20. The summed E-state index contributed by atoms with van der Waals surface area (Å²) in [4.78, 5) is 23.1. The molecular weight excluding hydrogens is 256 g/mol. The summed E-state index contributed by atoms with van der Waals surface area (Å²) >= 11 is 6.06. The lowest BCUT2D eigenvalue weighted by molar-refractivity contribution is 0.0687. The average Bonchev–Trinajstić information content (AvgIpc) is 2.35. The molecule has 0 amide bonds. The van der Waals surface area contributed by atoms with Gasteiger partial charge in [0.1, 0.15) is 0 Å². The summed E-state index contributed by atoms with van der Waals surface area (Å²) in [6, 6.07) is 0. The Balaban J connectivity index is 2.57. The number of hydrogen-bond acceptors (Lipinski definition) is 3. The van der Waals surface area contributed by atoms with Gasteiger partial charge < -0.3 is 5.11 Å². The first-order chi connectivity index (χ1) is 8.52. The van der Waals surface area contributed by atoms with Gasteiger partial charge in [0, 0.05) is 12.6 Å². The smallest absolute Gasteiger partial charge is 0.357 e. The number of carbonyl (C=O) groups is 1. The van der Waals surface area contributed by atoms with Crippen molar-refractivity contribution in [3.63, 3.8) is 0 Å². The number of aryl methyl sites for hydroxylation is 1. The Morgan fingerprint density at radius 1 is 1.39 bits per heavy atom. The molecule has 0 aromatic carbocycles. The highest BCUT2D eigenvalue weighted by molar-refractivity contribution is 6.34. The van der Waals surface area contributed by atoms with Crippen molar-refractivity contribution in [1.82, 2.24) is 9.78 Å². The fourth-order valence-corrected chi connectivity index (χ4v) is 2.87. The molecule has 0 saturated heterocycles. The number of aromatic nitrogens is 2. The van der Waals surface area contributed by atoms with E-state index in [0.717, 1.165) is 36.8 Å². The van der Waals surface area contributed by atoms with Gasteiger partial charge in [0.25, 0.3) is 5.56 Å². The Kier molecular flexibility index (Phi) is 3.71. The second-order valence-corrected chi connectivity index (χ2v) is 5.02. The van der Waals surface area contributed by atoms with E-state index in [2.05, 4.69) is 5.10 Å². The van der Waals surface area contributed by atoms with E-state index in [9.17, 15) is 9.59 Å². The third-order valence-corrected chi connectivity index (χ3v) is 3.82. The zero-order valence-electron chi connectivity index (χ0n) is 10.1. The molecule has 0 unspecified atom stereocenters. The summed E-state index contributed by atoms with van der Waals surface area (Å²) in [7, 11) is 1.46. The fraction of sp³-hybridized carbons (Fsp3) is 0.583. The quantitative estimate of drug-likeness (QED) is 0.894. The molecule has 0 spiro atoms. The molecule has 0 aliphatic heterocycles. The highest BCUT2D eigenvalue weighted by Gasteiger charge is 2.26. The third-order valence-electron chi connectivity index (χ3n) is 3.43. The molecule has 1 saturated carbocycles. The standard InChI is InChI=1S/C12H15ClN2O3/c1-15-11(16)8(7-5-3-2-4-6-7)9(13)10(14-15)12(17)18/h7H,2-6H2,1H3,(H,17,18). The molecule has 18 heavy (non-hydrogen) atoms. The van der Waals surface area contributed by atoms with Gasteiger partial charge in [-0.1, -0.05) is 30.9 Å². The van der Waals surface area contributed by atoms with Crippen LogP contribution in [0.5, 0.6) is 0 Å². The molecule has 0 atom stereocenters. The van der Waals surface area contributed by atoms with Gasteiger partial charge in [0.2, 0.25) is 0 Å². The Morgan fingerprint density at radius 2 is 2.00 bits per heavy atom.